The maximum absolute atomic E-state index is 11.9. The Morgan fingerprint density at radius 2 is 1.90 bits per heavy atom. The maximum atomic E-state index is 11.9. The van der Waals surface area contributed by atoms with Gasteiger partial charge in [-0.1, -0.05) is 26.0 Å². The van der Waals surface area contributed by atoms with Crippen molar-refractivity contribution in [1.29, 1.82) is 0 Å². The average molecular weight is 295 g/mol. The molecule has 0 bridgehead atoms. The molecule has 1 aromatic rings. The molecule has 20 heavy (non-hydrogen) atoms. The van der Waals surface area contributed by atoms with E-state index in [0.717, 1.165) is 26.1 Å². The van der Waals surface area contributed by atoms with Crippen LogP contribution in [0.1, 0.15) is 25.8 Å². The van der Waals surface area contributed by atoms with E-state index in [4.69, 9.17) is 0 Å². The summed E-state index contributed by atoms with van der Waals surface area (Å²) < 4.78 is 26.3. The van der Waals surface area contributed by atoms with Crippen molar-refractivity contribution in [3.8, 4) is 0 Å². The van der Waals surface area contributed by atoms with Gasteiger partial charge in [-0.15, -0.1) is 0 Å². The smallest absolute Gasteiger partial charge is 0.263 e. The molecular formula is C14H21N3O2S. The van der Waals surface area contributed by atoms with Gasteiger partial charge >= 0.3 is 0 Å². The molecule has 0 saturated heterocycles. The molecule has 1 aliphatic heterocycles. The Morgan fingerprint density at radius 3 is 2.60 bits per heavy atom. The second-order valence-corrected chi connectivity index (χ2v) is 6.36. The molecule has 0 spiro atoms. The van der Waals surface area contributed by atoms with Gasteiger partial charge in [-0.05, 0) is 38.2 Å². The van der Waals surface area contributed by atoms with Crippen LogP contribution >= 0.6 is 0 Å². The zero-order valence-electron chi connectivity index (χ0n) is 12.0. The highest BCUT2D eigenvalue weighted by atomic mass is 32.2. The van der Waals surface area contributed by atoms with Gasteiger partial charge < -0.3 is 4.90 Å². The minimum absolute atomic E-state index is 0.322. The molecular weight excluding hydrogens is 274 g/mol. The zero-order chi connectivity index (χ0) is 14.6. The van der Waals surface area contributed by atoms with Crippen LogP contribution in [0.5, 0.6) is 0 Å². The van der Waals surface area contributed by atoms with E-state index in [1.165, 1.54) is 0 Å². The van der Waals surface area contributed by atoms with Crippen LogP contribution in [0.3, 0.4) is 0 Å². The highest BCUT2D eigenvalue weighted by Gasteiger charge is 2.29. The van der Waals surface area contributed by atoms with Crippen molar-refractivity contribution in [3.05, 3.63) is 29.8 Å². The average Bonchev–Trinajstić information content (AvgIpc) is 2.71. The molecule has 1 heterocycles. The molecule has 0 fully saturated rings. The van der Waals surface area contributed by atoms with Crippen molar-refractivity contribution >= 4 is 15.9 Å². The first-order valence-electron chi connectivity index (χ1n) is 6.97. The minimum atomic E-state index is -3.41. The third kappa shape index (κ3) is 3.19. The van der Waals surface area contributed by atoms with E-state index in [1.807, 2.05) is 6.07 Å². The zero-order valence-corrected chi connectivity index (χ0v) is 12.8. The van der Waals surface area contributed by atoms with Gasteiger partial charge in [0.05, 0.1) is 4.90 Å². The Labute approximate surface area is 120 Å². The molecule has 0 unspecified atom stereocenters. The molecule has 1 N–H and O–H groups in total. The number of hydrogen-bond acceptors (Lipinski definition) is 4. The largest absolute Gasteiger partial charge is 0.304 e. The first kappa shape index (κ1) is 15.0. The molecule has 0 radical (unpaired) electrons. The normalized spacial score (nSPS) is 18.2. The summed E-state index contributed by atoms with van der Waals surface area (Å²) in [5.74, 6) is 0.472. The first-order valence-corrected chi connectivity index (χ1v) is 8.45. The summed E-state index contributed by atoms with van der Waals surface area (Å²) in [4.78, 5) is 7.05. The molecule has 110 valence electrons. The highest BCUT2D eigenvalue weighted by molar-refractivity contribution is 7.90. The highest BCUT2D eigenvalue weighted by Crippen LogP contribution is 2.22. The van der Waals surface area contributed by atoms with E-state index >= 15 is 0 Å². The molecule has 1 aromatic carbocycles. The summed E-state index contributed by atoms with van der Waals surface area (Å²) >= 11 is 0. The van der Waals surface area contributed by atoms with Crippen molar-refractivity contribution in [2.24, 2.45) is 4.99 Å². The van der Waals surface area contributed by atoms with Crippen molar-refractivity contribution < 1.29 is 8.42 Å². The van der Waals surface area contributed by atoms with Crippen LogP contribution in [0.2, 0.25) is 0 Å². The third-order valence-corrected chi connectivity index (χ3v) is 4.86. The fourth-order valence-corrected chi connectivity index (χ4v) is 3.53. The summed E-state index contributed by atoms with van der Waals surface area (Å²) in [5, 5.41) is 0. The lowest BCUT2D eigenvalue weighted by molar-refractivity contribution is 0.302. The minimum Gasteiger partial charge on any atom is -0.304 e. The molecule has 0 atom stereocenters. The van der Waals surface area contributed by atoms with Crippen molar-refractivity contribution in [1.82, 2.24) is 9.62 Å². The number of nitrogens with zero attached hydrogens (tertiary/aromatic N) is 2. The lowest BCUT2D eigenvalue weighted by Crippen LogP contribution is -2.25. The molecule has 1 aliphatic rings. The molecule has 6 heteroatoms. The maximum Gasteiger partial charge on any atom is 0.263 e. The van der Waals surface area contributed by atoms with E-state index in [-0.39, 0.29) is 0 Å². The predicted octanol–water partition coefficient (Wildman–Crippen LogP) is 1.46. The standard InChI is InChI=1S/C14H21N3O2S/c1-3-17(4-2)11-7-10-15-14-12-8-5-6-9-13(12)20(18,19)16-14/h5-6,8-9H,3-4,7,10-11H2,1-2H3,(H,15,16). The van der Waals surface area contributed by atoms with Gasteiger partial charge in [0, 0.05) is 12.1 Å². The molecule has 5 nitrogen and oxygen atoms in total. The van der Waals surface area contributed by atoms with E-state index in [0.29, 0.717) is 22.8 Å². The Bertz CT molecular complexity index is 592. The molecule has 0 amide bonds. The predicted molar refractivity (Wildman–Crippen MR) is 80.6 cm³/mol. The topological polar surface area (TPSA) is 61.8 Å². The van der Waals surface area contributed by atoms with Crippen molar-refractivity contribution in [2.45, 2.75) is 25.2 Å². The van der Waals surface area contributed by atoms with Crippen LogP contribution in [-0.4, -0.2) is 45.3 Å². The van der Waals surface area contributed by atoms with Crippen LogP contribution < -0.4 is 4.72 Å². The fourth-order valence-electron chi connectivity index (χ4n) is 2.28. The number of fused-ring (bicyclic) bond motifs is 1. The number of benzene rings is 1. The summed E-state index contributed by atoms with van der Waals surface area (Å²) in [5.41, 5.74) is 0.676. The number of hydrogen-bond donors (Lipinski definition) is 1. The number of amidine groups is 1. The van der Waals surface area contributed by atoms with E-state index in [9.17, 15) is 8.42 Å². The fraction of sp³-hybridized carbons (Fsp3) is 0.500. The van der Waals surface area contributed by atoms with E-state index in [2.05, 4.69) is 28.5 Å². The second-order valence-electron chi connectivity index (χ2n) is 4.71. The Morgan fingerprint density at radius 1 is 1.20 bits per heavy atom. The molecule has 0 aromatic heterocycles. The second kappa shape index (κ2) is 6.37. The first-order chi connectivity index (χ1) is 9.58. The summed E-state index contributed by atoms with van der Waals surface area (Å²) in [6, 6.07) is 6.94. The Hall–Kier alpha value is -1.40. The monoisotopic (exact) mass is 295 g/mol. The summed E-state index contributed by atoms with van der Waals surface area (Å²) in [7, 11) is -3.41. The number of aliphatic imine (C=N–C) groups is 1. The molecule has 2 rings (SSSR count). The number of sulfonamides is 1. The Kier molecular flexibility index (Phi) is 4.77. The number of rotatable bonds is 6. The van der Waals surface area contributed by atoms with Crippen molar-refractivity contribution in [3.63, 3.8) is 0 Å². The summed E-state index contributed by atoms with van der Waals surface area (Å²) in [6.07, 6.45) is 0.926. The van der Waals surface area contributed by atoms with Crippen LogP contribution in [-0.2, 0) is 10.0 Å². The van der Waals surface area contributed by atoms with Crippen molar-refractivity contribution in [2.75, 3.05) is 26.2 Å². The molecule has 0 saturated carbocycles. The third-order valence-electron chi connectivity index (χ3n) is 3.46. The van der Waals surface area contributed by atoms with Gasteiger partial charge in [-0.25, -0.2) is 8.42 Å². The van der Waals surface area contributed by atoms with Gasteiger partial charge in [-0.3, -0.25) is 9.71 Å². The lowest BCUT2D eigenvalue weighted by atomic mass is 10.2. The Balaban J connectivity index is 2.03. The van der Waals surface area contributed by atoms with Crippen LogP contribution in [0.4, 0.5) is 0 Å². The van der Waals surface area contributed by atoms with Gasteiger partial charge in [0.15, 0.2) is 0 Å². The van der Waals surface area contributed by atoms with Crippen LogP contribution in [0.25, 0.3) is 0 Å². The summed E-state index contributed by atoms with van der Waals surface area (Å²) in [6.45, 7) is 7.94. The van der Waals surface area contributed by atoms with Gasteiger partial charge in [-0.2, -0.15) is 0 Å². The van der Waals surface area contributed by atoms with Gasteiger partial charge in [0.1, 0.15) is 5.84 Å². The van der Waals surface area contributed by atoms with E-state index in [1.54, 1.807) is 18.2 Å². The molecule has 0 aliphatic carbocycles. The lowest BCUT2D eigenvalue weighted by Gasteiger charge is -2.16. The van der Waals surface area contributed by atoms with E-state index < -0.39 is 10.0 Å². The van der Waals surface area contributed by atoms with Gasteiger partial charge in [0.2, 0.25) is 0 Å². The SMILES string of the molecule is CCN(CC)CCCN=C1NS(=O)(=O)c2ccccc21. The van der Waals surface area contributed by atoms with Crippen LogP contribution in [0.15, 0.2) is 34.2 Å². The van der Waals surface area contributed by atoms with Gasteiger partial charge in [0.25, 0.3) is 10.0 Å². The van der Waals surface area contributed by atoms with Crippen LogP contribution in [0, 0.1) is 0 Å². The number of nitrogens with one attached hydrogen (secondary N) is 1. The quantitative estimate of drug-likeness (QED) is 0.808.